The Morgan fingerprint density at radius 2 is 2.18 bits per heavy atom. The number of amides is 1. The molecule has 1 atom stereocenters. The number of carbonyl (C=O) groups is 2. The number of para-hydroxylation sites is 1. The molecule has 0 aromatic heterocycles. The van der Waals surface area contributed by atoms with Gasteiger partial charge in [0.15, 0.2) is 0 Å². The summed E-state index contributed by atoms with van der Waals surface area (Å²) in [6, 6.07) is 7.08. The van der Waals surface area contributed by atoms with Gasteiger partial charge in [0.25, 0.3) is 0 Å². The Kier molecular flexibility index (Phi) is 2.85. The molecule has 17 heavy (non-hydrogen) atoms. The lowest BCUT2D eigenvalue weighted by atomic mass is 9.89. The highest BCUT2D eigenvalue weighted by Crippen LogP contribution is 2.36. The summed E-state index contributed by atoms with van der Waals surface area (Å²) in [6.07, 6.45) is -0.149. The van der Waals surface area contributed by atoms with Crippen molar-refractivity contribution in [1.82, 2.24) is 0 Å². The molecule has 0 bridgehead atoms. The summed E-state index contributed by atoms with van der Waals surface area (Å²) in [7, 11) is 0. The fourth-order valence-electron chi connectivity index (χ4n) is 1.95. The van der Waals surface area contributed by atoms with Crippen molar-refractivity contribution in [3.05, 3.63) is 29.8 Å². The van der Waals surface area contributed by atoms with Gasteiger partial charge in [-0.3, -0.25) is 9.59 Å². The molecule has 0 aliphatic carbocycles. The lowest BCUT2D eigenvalue weighted by molar-refractivity contribution is -0.146. The Labute approximate surface area is 98.9 Å². The largest absolute Gasteiger partial charge is 0.466 e. The Balaban J connectivity index is 2.30. The summed E-state index contributed by atoms with van der Waals surface area (Å²) in [6.45, 7) is 1.99. The molecule has 0 unspecified atom stereocenters. The second kappa shape index (κ2) is 4.18. The quantitative estimate of drug-likeness (QED) is 0.756. The Bertz CT molecular complexity index is 473. The zero-order valence-electron chi connectivity index (χ0n) is 9.53. The van der Waals surface area contributed by atoms with Crippen LogP contribution in [0.2, 0.25) is 0 Å². The molecule has 0 radical (unpaired) electrons. The minimum absolute atomic E-state index is 0.149. The first-order valence-electron chi connectivity index (χ1n) is 5.43. The smallest absolute Gasteiger partial charge is 0.308 e. The number of hydrogen-bond acceptors (Lipinski definition) is 4. The average molecular weight is 234 g/mol. The van der Waals surface area contributed by atoms with Crippen molar-refractivity contribution in [2.75, 3.05) is 11.9 Å². The van der Waals surface area contributed by atoms with Crippen molar-refractivity contribution >= 4 is 17.6 Å². The van der Waals surface area contributed by atoms with E-state index in [1.54, 1.807) is 31.2 Å². The van der Waals surface area contributed by atoms with Gasteiger partial charge in [0, 0.05) is 11.3 Å². The molecule has 1 aliphatic rings. The van der Waals surface area contributed by atoms with Gasteiger partial charge in [0.05, 0.1) is 13.0 Å². The zero-order valence-corrected chi connectivity index (χ0v) is 9.53. The van der Waals surface area contributed by atoms with Gasteiger partial charge in [-0.25, -0.2) is 0 Å². The molecule has 0 saturated carbocycles. The molecular formula is C12H14N2O3. The fraction of sp³-hybridized carbons (Fsp3) is 0.333. The number of benzene rings is 1. The summed E-state index contributed by atoms with van der Waals surface area (Å²) in [5.74, 6) is -0.839. The highest BCUT2D eigenvalue weighted by Gasteiger charge is 2.45. The van der Waals surface area contributed by atoms with E-state index in [0.717, 1.165) is 0 Å². The summed E-state index contributed by atoms with van der Waals surface area (Å²) in [5.41, 5.74) is 6.01. The number of rotatable bonds is 3. The second-order valence-electron chi connectivity index (χ2n) is 3.95. The first kappa shape index (κ1) is 11.6. The number of fused-ring (bicyclic) bond motifs is 1. The molecule has 1 aromatic rings. The Hall–Kier alpha value is -1.88. The molecule has 90 valence electrons. The maximum absolute atomic E-state index is 11.8. The number of ether oxygens (including phenoxy) is 1. The molecule has 3 N–H and O–H groups in total. The highest BCUT2D eigenvalue weighted by molar-refractivity contribution is 6.07. The normalized spacial score (nSPS) is 21.9. The molecule has 1 aromatic carbocycles. The van der Waals surface area contributed by atoms with Crippen molar-refractivity contribution in [1.29, 1.82) is 0 Å². The van der Waals surface area contributed by atoms with E-state index in [-0.39, 0.29) is 18.9 Å². The number of anilines is 1. The van der Waals surface area contributed by atoms with E-state index in [2.05, 4.69) is 5.32 Å². The summed E-state index contributed by atoms with van der Waals surface area (Å²) in [4.78, 5) is 23.3. The lowest BCUT2D eigenvalue weighted by Crippen LogP contribution is -2.45. The number of esters is 1. The maximum Gasteiger partial charge on any atom is 0.308 e. The Morgan fingerprint density at radius 3 is 2.88 bits per heavy atom. The van der Waals surface area contributed by atoms with Crippen LogP contribution in [-0.2, 0) is 19.9 Å². The molecule has 0 fully saturated rings. The molecule has 5 heteroatoms. The molecule has 0 spiro atoms. The Morgan fingerprint density at radius 1 is 1.47 bits per heavy atom. The number of nitrogens with one attached hydrogen (secondary N) is 1. The van der Waals surface area contributed by atoms with Crippen LogP contribution in [0.3, 0.4) is 0 Å². The van der Waals surface area contributed by atoms with Gasteiger partial charge >= 0.3 is 5.97 Å². The van der Waals surface area contributed by atoms with Gasteiger partial charge in [0.1, 0.15) is 5.54 Å². The van der Waals surface area contributed by atoms with Gasteiger partial charge in [-0.15, -0.1) is 0 Å². The number of hydrogen-bond donors (Lipinski definition) is 2. The van der Waals surface area contributed by atoms with Crippen LogP contribution in [0.1, 0.15) is 18.9 Å². The van der Waals surface area contributed by atoms with Crippen LogP contribution >= 0.6 is 0 Å². The van der Waals surface area contributed by atoms with Gasteiger partial charge in [-0.1, -0.05) is 18.2 Å². The van der Waals surface area contributed by atoms with Gasteiger partial charge in [-0.2, -0.15) is 0 Å². The van der Waals surface area contributed by atoms with Crippen LogP contribution < -0.4 is 11.1 Å². The monoisotopic (exact) mass is 234 g/mol. The number of carbonyl (C=O) groups excluding carboxylic acids is 2. The van der Waals surface area contributed by atoms with Crippen LogP contribution in [0.4, 0.5) is 5.69 Å². The van der Waals surface area contributed by atoms with E-state index in [9.17, 15) is 9.59 Å². The molecule has 5 nitrogen and oxygen atoms in total. The van der Waals surface area contributed by atoms with Crippen molar-refractivity contribution in [3.8, 4) is 0 Å². The van der Waals surface area contributed by atoms with Crippen molar-refractivity contribution < 1.29 is 14.3 Å². The van der Waals surface area contributed by atoms with Crippen molar-refractivity contribution in [2.45, 2.75) is 18.9 Å². The van der Waals surface area contributed by atoms with Gasteiger partial charge in [-0.05, 0) is 13.0 Å². The van der Waals surface area contributed by atoms with E-state index < -0.39 is 11.5 Å². The predicted octanol–water partition coefficient (Wildman–Crippen LogP) is 0.746. The summed E-state index contributed by atoms with van der Waals surface area (Å²) >= 11 is 0. The predicted molar refractivity (Wildman–Crippen MR) is 62.2 cm³/mol. The van der Waals surface area contributed by atoms with Crippen LogP contribution in [0, 0.1) is 0 Å². The number of nitrogens with two attached hydrogens (primary N) is 1. The van der Waals surface area contributed by atoms with Crippen LogP contribution in [0.25, 0.3) is 0 Å². The van der Waals surface area contributed by atoms with Crippen LogP contribution in [-0.4, -0.2) is 18.5 Å². The summed E-state index contributed by atoms with van der Waals surface area (Å²) < 4.78 is 4.83. The van der Waals surface area contributed by atoms with Crippen molar-refractivity contribution in [2.24, 2.45) is 5.73 Å². The zero-order chi connectivity index (χ0) is 12.5. The molecule has 2 rings (SSSR count). The average Bonchev–Trinajstić information content (AvgIpc) is 2.52. The van der Waals surface area contributed by atoms with E-state index in [1.165, 1.54) is 0 Å². The van der Waals surface area contributed by atoms with Gasteiger partial charge < -0.3 is 15.8 Å². The maximum atomic E-state index is 11.8. The fourth-order valence-corrected chi connectivity index (χ4v) is 1.95. The van der Waals surface area contributed by atoms with E-state index in [4.69, 9.17) is 10.5 Å². The molecule has 0 saturated heterocycles. The molecule has 1 heterocycles. The van der Waals surface area contributed by atoms with E-state index in [1.807, 2.05) is 0 Å². The molecular weight excluding hydrogens is 220 g/mol. The van der Waals surface area contributed by atoms with E-state index in [0.29, 0.717) is 11.3 Å². The molecule has 1 amide bonds. The molecule has 1 aliphatic heterocycles. The topological polar surface area (TPSA) is 81.4 Å². The summed E-state index contributed by atoms with van der Waals surface area (Å²) in [5, 5.41) is 2.66. The van der Waals surface area contributed by atoms with Crippen molar-refractivity contribution in [3.63, 3.8) is 0 Å². The van der Waals surface area contributed by atoms with Gasteiger partial charge in [0.2, 0.25) is 5.91 Å². The minimum Gasteiger partial charge on any atom is -0.466 e. The lowest BCUT2D eigenvalue weighted by Gasteiger charge is -2.20. The van der Waals surface area contributed by atoms with Crippen LogP contribution in [0.15, 0.2) is 24.3 Å². The third-order valence-electron chi connectivity index (χ3n) is 2.79. The van der Waals surface area contributed by atoms with E-state index >= 15 is 0 Å². The standard InChI is InChI=1S/C12H14N2O3/c1-2-17-10(15)7-12(13)8-5-3-4-6-9(8)14-11(12)16/h3-6H,2,7,13H2,1H3,(H,14,16)/t12-/m0/s1. The highest BCUT2D eigenvalue weighted by atomic mass is 16.5. The first-order chi connectivity index (χ1) is 8.08. The third kappa shape index (κ3) is 1.89. The SMILES string of the molecule is CCOC(=O)C[C@@]1(N)C(=O)Nc2ccccc21. The minimum atomic E-state index is -1.32. The first-order valence-corrected chi connectivity index (χ1v) is 5.43. The third-order valence-corrected chi connectivity index (χ3v) is 2.79. The van der Waals surface area contributed by atoms with Crippen LogP contribution in [0.5, 0.6) is 0 Å². The second-order valence-corrected chi connectivity index (χ2v) is 3.95.